The van der Waals surface area contributed by atoms with Gasteiger partial charge >= 0.3 is 5.97 Å². The highest BCUT2D eigenvalue weighted by Crippen LogP contribution is 2.20. The molecule has 0 aliphatic carbocycles. The summed E-state index contributed by atoms with van der Waals surface area (Å²) >= 11 is 0. The van der Waals surface area contributed by atoms with Crippen molar-refractivity contribution >= 4 is 11.9 Å². The van der Waals surface area contributed by atoms with E-state index in [1.165, 1.54) is 30.3 Å². The SMILES string of the molecule is O=C(O)CCCNC(=O)c1cc(-c2ccc(F)cc2)on1. The number of aromatic nitrogens is 1. The number of halogens is 1. The molecule has 1 amide bonds. The van der Waals surface area contributed by atoms with Crippen LogP contribution in [-0.4, -0.2) is 28.7 Å². The monoisotopic (exact) mass is 292 g/mol. The number of nitrogens with one attached hydrogen (secondary N) is 1. The van der Waals surface area contributed by atoms with Gasteiger partial charge in [-0.3, -0.25) is 9.59 Å². The molecule has 7 heteroatoms. The number of benzene rings is 1. The quantitative estimate of drug-likeness (QED) is 0.795. The van der Waals surface area contributed by atoms with Gasteiger partial charge in [0.2, 0.25) is 0 Å². The van der Waals surface area contributed by atoms with Gasteiger partial charge in [-0.15, -0.1) is 0 Å². The van der Waals surface area contributed by atoms with Gasteiger partial charge in [-0.25, -0.2) is 4.39 Å². The maximum Gasteiger partial charge on any atom is 0.303 e. The van der Waals surface area contributed by atoms with Crippen LogP contribution in [0.3, 0.4) is 0 Å². The fourth-order valence-corrected chi connectivity index (χ4v) is 1.66. The van der Waals surface area contributed by atoms with E-state index in [-0.39, 0.29) is 24.5 Å². The summed E-state index contributed by atoms with van der Waals surface area (Å²) in [4.78, 5) is 22.1. The number of nitrogens with zero attached hydrogens (tertiary/aromatic N) is 1. The summed E-state index contributed by atoms with van der Waals surface area (Å²) in [6.45, 7) is 0.240. The van der Waals surface area contributed by atoms with Crippen molar-refractivity contribution in [1.29, 1.82) is 0 Å². The molecule has 0 fully saturated rings. The van der Waals surface area contributed by atoms with E-state index in [4.69, 9.17) is 9.63 Å². The Kier molecular flexibility index (Phi) is 4.65. The molecule has 0 saturated carbocycles. The standard InChI is InChI=1S/C14H13FN2O4/c15-10-5-3-9(4-6-10)12-8-11(17-21-12)14(20)16-7-1-2-13(18)19/h3-6,8H,1-2,7H2,(H,16,20)(H,18,19). The van der Waals surface area contributed by atoms with Gasteiger partial charge < -0.3 is 14.9 Å². The summed E-state index contributed by atoms with van der Waals surface area (Å²) < 4.78 is 17.8. The van der Waals surface area contributed by atoms with Crippen LogP contribution in [0.1, 0.15) is 23.3 Å². The van der Waals surface area contributed by atoms with Crippen molar-refractivity contribution in [2.75, 3.05) is 6.54 Å². The first-order chi connectivity index (χ1) is 10.1. The summed E-state index contributed by atoms with van der Waals surface area (Å²) in [6.07, 6.45) is 0.323. The predicted octanol–water partition coefficient (Wildman–Crippen LogP) is 2.08. The number of carbonyl (C=O) groups excluding carboxylic acids is 1. The van der Waals surface area contributed by atoms with Gasteiger partial charge in [0.1, 0.15) is 5.82 Å². The molecule has 2 rings (SSSR count). The highest BCUT2D eigenvalue weighted by atomic mass is 19.1. The van der Waals surface area contributed by atoms with Crippen LogP contribution < -0.4 is 5.32 Å². The zero-order chi connectivity index (χ0) is 15.2. The third-order valence-electron chi connectivity index (χ3n) is 2.72. The molecule has 0 aliphatic rings. The molecule has 1 aromatic heterocycles. The van der Waals surface area contributed by atoms with Gasteiger partial charge in [-0.2, -0.15) is 0 Å². The zero-order valence-electron chi connectivity index (χ0n) is 11.0. The smallest absolute Gasteiger partial charge is 0.303 e. The highest BCUT2D eigenvalue weighted by Gasteiger charge is 2.13. The maximum absolute atomic E-state index is 12.8. The van der Waals surface area contributed by atoms with E-state index in [0.29, 0.717) is 17.7 Å². The number of hydrogen-bond donors (Lipinski definition) is 2. The molecular weight excluding hydrogens is 279 g/mol. The topological polar surface area (TPSA) is 92.4 Å². The Hall–Kier alpha value is -2.70. The second kappa shape index (κ2) is 6.65. The fraction of sp³-hybridized carbons (Fsp3) is 0.214. The number of carboxylic acid groups (broad SMARTS) is 1. The van der Waals surface area contributed by atoms with Gasteiger partial charge in [0.15, 0.2) is 11.5 Å². The number of aliphatic carboxylic acids is 1. The summed E-state index contributed by atoms with van der Waals surface area (Å²) in [5.74, 6) is -1.37. The lowest BCUT2D eigenvalue weighted by molar-refractivity contribution is -0.137. The molecule has 0 bridgehead atoms. The Morgan fingerprint density at radius 1 is 1.29 bits per heavy atom. The summed E-state index contributed by atoms with van der Waals surface area (Å²) in [5.41, 5.74) is 0.693. The molecule has 2 N–H and O–H groups in total. The van der Waals surface area contributed by atoms with Crippen molar-refractivity contribution in [3.8, 4) is 11.3 Å². The van der Waals surface area contributed by atoms with Crippen LogP contribution in [0.4, 0.5) is 4.39 Å². The van der Waals surface area contributed by atoms with E-state index >= 15 is 0 Å². The molecule has 6 nitrogen and oxygen atoms in total. The summed E-state index contributed by atoms with van der Waals surface area (Å²) in [7, 11) is 0. The van der Waals surface area contributed by atoms with Crippen molar-refractivity contribution in [3.05, 3.63) is 41.8 Å². The normalized spacial score (nSPS) is 10.3. The Labute approximate surface area is 119 Å². The molecule has 0 radical (unpaired) electrons. The van der Waals surface area contributed by atoms with E-state index in [9.17, 15) is 14.0 Å². The Balaban J connectivity index is 1.94. The molecule has 0 aliphatic heterocycles. The lowest BCUT2D eigenvalue weighted by Gasteiger charge is -2.00. The van der Waals surface area contributed by atoms with Gasteiger partial charge in [0.25, 0.3) is 5.91 Å². The first-order valence-electron chi connectivity index (χ1n) is 6.29. The van der Waals surface area contributed by atoms with Crippen molar-refractivity contribution in [2.24, 2.45) is 0 Å². The minimum Gasteiger partial charge on any atom is -0.481 e. The molecule has 0 spiro atoms. The van der Waals surface area contributed by atoms with E-state index in [1.54, 1.807) is 0 Å². The second-order valence-corrected chi connectivity index (χ2v) is 4.34. The Morgan fingerprint density at radius 2 is 2.00 bits per heavy atom. The van der Waals surface area contributed by atoms with Crippen LogP contribution >= 0.6 is 0 Å². The molecule has 21 heavy (non-hydrogen) atoms. The van der Waals surface area contributed by atoms with Crippen LogP contribution in [0.5, 0.6) is 0 Å². The third kappa shape index (κ3) is 4.13. The molecule has 110 valence electrons. The molecule has 0 unspecified atom stereocenters. The zero-order valence-corrected chi connectivity index (χ0v) is 11.0. The second-order valence-electron chi connectivity index (χ2n) is 4.34. The average molecular weight is 292 g/mol. The minimum atomic E-state index is -0.913. The molecule has 1 aromatic carbocycles. The number of hydrogen-bond acceptors (Lipinski definition) is 4. The van der Waals surface area contributed by atoms with E-state index in [0.717, 1.165) is 0 Å². The number of amides is 1. The van der Waals surface area contributed by atoms with Crippen molar-refractivity contribution in [2.45, 2.75) is 12.8 Å². The largest absolute Gasteiger partial charge is 0.481 e. The molecule has 2 aromatic rings. The first-order valence-corrected chi connectivity index (χ1v) is 6.29. The van der Waals surface area contributed by atoms with Crippen LogP contribution in [-0.2, 0) is 4.79 Å². The third-order valence-corrected chi connectivity index (χ3v) is 2.72. The first kappa shape index (κ1) is 14.7. The molecule has 1 heterocycles. The minimum absolute atomic E-state index is 0.0140. The molecule has 0 atom stereocenters. The van der Waals surface area contributed by atoms with Crippen LogP contribution in [0.2, 0.25) is 0 Å². The predicted molar refractivity (Wildman–Crippen MR) is 71.1 cm³/mol. The maximum atomic E-state index is 12.8. The van der Waals surface area contributed by atoms with Crippen molar-refractivity contribution in [1.82, 2.24) is 10.5 Å². The van der Waals surface area contributed by atoms with Crippen LogP contribution in [0.25, 0.3) is 11.3 Å². The summed E-state index contributed by atoms with van der Waals surface area (Å²) in [6, 6.07) is 7.04. The van der Waals surface area contributed by atoms with E-state index in [2.05, 4.69) is 10.5 Å². The van der Waals surface area contributed by atoms with Crippen LogP contribution in [0, 0.1) is 5.82 Å². The lowest BCUT2D eigenvalue weighted by Crippen LogP contribution is -2.25. The Bertz CT molecular complexity index is 637. The van der Waals surface area contributed by atoms with Crippen molar-refractivity contribution in [3.63, 3.8) is 0 Å². The molecular formula is C14H13FN2O4. The van der Waals surface area contributed by atoms with Crippen LogP contribution in [0.15, 0.2) is 34.9 Å². The average Bonchev–Trinajstić information content (AvgIpc) is 2.94. The number of carboxylic acids is 1. The molecule has 0 saturated heterocycles. The summed E-state index contributed by atoms with van der Waals surface area (Å²) in [5, 5.41) is 14.7. The van der Waals surface area contributed by atoms with Gasteiger partial charge in [0.05, 0.1) is 0 Å². The fourth-order valence-electron chi connectivity index (χ4n) is 1.66. The van der Waals surface area contributed by atoms with E-state index < -0.39 is 11.9 Å². The van der Waals surface area contributed by atoms with E-state index in [1.807, 2.05) is 0 Å². The van der Waals surface area contributed by atoms with Gasteiger partial charge in [0, 0.05) is 24.6 Å². The van der Waals surface area contributed by atoms with Crippen molar-refractivity contribution < 1.29 is 23.6 Å². The highest BCUT2D eigenvalue weighted by molar-refractivity contribution is 5.93. The number of rotatable bonds is 6. The van der Waals surface area contributed by atoms with Gasteiger partial charge in [-0.05, 0) is 30.7 Å². The lowest BCUT2D eigenvalue weighted by atomic mass is 10.1. The Morgan fingerprint density at radius 3 is 2.67 bits per heavy atom. The van der Waals surface area contributed by atoms with Gasteiger partial charge in [-0.1, -0.05) is 5.16 Å². The number of carbonyl (C=O) groups is 2.